The quantitative estimate of drug-likeness (QED) is 0.0780. The molecule has 0 atom stereocenters. The van der Waals surface area contributed by atoms with Crippen LogP contribution in [0.1, 0.15) is 59.7 Å². The molecule has 3 amide bonds. The molecule has 0 unspecified atom stereocenters. The number of hydrogen-bond acceptors (Lipinski definition) is 12. The fourth-order valence-corrected chi connectivity index (χ4v) is 6.04. The lowest BCUT2D eigenvalue weighted by Crippen LogP contribution is -2.38. The number of nitrogens with two attached hydrogens (primary N) is 1. The number of carbonyl (C=O) groups excluding carboxylic acids is 5. The number of benzene rings is 2. The Balaban J connectivity index is 0.00000101. The van der Waals surface area contributed by atoms with Gasteiger partial charge in [0.05, 0.1) is 49.2 Å². The molecule has 0 fully saturated rings. The Morgan fingerprint density at radius 3 is 1.90 bits per heavy atom. The second kappa shape index (κ2) is 34.9. The first kappa shape index (κ1) is 55.1. The summed E-state index contributed by atoms with van der Waals surface area (Å²) < 4.78 is 10.4. The lowest BCUT2D eigenvalue weighted by Gasteiger charge is -2.22. The summed E-state index contributed by atoms with van der Waals surface area (Å²) in [5.74, 6) is 2.20. The number of H-pyrrole nitrogens is 1. The minimum Gasteiger partial charge on any atom is -0.468 e. The van der Waals surface area contributed by atoms with Gasteiger partial charge in [0.15, 0.2) is 4.96 Å². The number of aromatic nitrogens is 4. The molecule has 17 heteroatoms. The number of aromatic amines is 1. The van der Waals surface area contributed by atoms with Gasteiger partial charge in [-0.25, -0.2) is 9.97 Å². The number of amides is 3. The molecule has 0 bridgehead atoms. The van der Waals surface area contributed by atoms with E-state index >= 15 is 0 Å². The molecule has 0 aliphatic heterocycles. The molecule has 5 aromatic rings. The molecule has 61 heavy (non-hydrogen) atoms. The lowest BCUT2D eigenvalue weighted by atomic mass is 10.1. The van der Waals surface area contributed by atoms with E-state index in [-0.39, 0.29) is 24.8 Å². The van der Waals surface area contributed by atoms with E-state index in [1.807, 2.05) is 72.1 Å². The molecular formula is C44H67N9O7S. The topological polar surface area (TPSA) is 206 Å². The van der Waals surface area contributed by atoms with Crippen LogP contribution < -0.4 is 16.4 Å². The Hall–Kier alpha value is -5.91. The zero-order valence-electron chi connectivity index (χ0n) is 37.3. The highest BCUT2D eigenvalue weighted by atomic mass is 32.1. The maximum absolute atomic E-state index is 12.6. The number of primary amides is 1. The minimum atomic E-state index is -0.0218. The summed E-state index contributed by atoms with van der Waals surface area (Å²) in [7, 11) is 6.83. The molecule has 3 heterocycles. The van der Waals surface area contributed by atoms with Gasteiger partial charge in [0.2, 0.25) is 18.2 Å². The van der Waals surface area contributed by atoms with Crippen molar-refractivity contribution in [1.82, 2.24) is 34.5 Å². The van der Waals surface area contributed by atoms with Crippen molar-refractivity contribution >= 4 is 53.1 Å². The predicted molar refractivity (Wildman–Crippen MR) is 245 cm³/mol. The van der Waals surface area contributed by atoms with Crippen LogP contribution in [-0.4, -0.2) is 121 Å². The maximum Gasteiger partial charge on any atom is 0.293 e. The highest BCUT2D eigenvalue weighted by Crippen LogP contribution is 2.31. The molecule has 5 rings (SSSR count). The normalized spacial score (nSPS) is 9.67. The zero-order chi connectivity index (χ0) is 45.8. The molecule has 0 saturated heterocycles. The highest BCUT2D eigenvalue weighted by Gasteiger charge is 2.17. The van der Waals surface area contributed by atoms with Gasteiger partial charge in [-0.05, 0) is 43.9 Å². The smallest absolute Gasteiger partial charge is 0.293 e. The second-order valence-electron chi connectivity index (χ2n) is 13.2. The molecule has 0 radical (unpaired) electrons. The number of rotatable bonds is 17. The number of hydrogen-bond donors (Lipinski definition) is 4. The van der Waals surface area contributed by atoms with Gasteiger partial charge in [0, 0.05) is 47.0 Å². The highest BCUT2D eigenvalue weighted by molar-refractivity contribution is 7.20. The molecule has 3 aromatic heterocycles. The van der Waals surface area contributed by atoms with Crippen molar-refractivity contribution in [3.8, 4) is 21.7 Å². The lowest BCUT2D eigenvalue weighted by molar-refractivity contribution is -0.133. The van der Waals surface area contributed by atoms with E-state index in [1.54, 1.807) is 44.4 Å². The Bertz CT molecular complexity index is 1820. The number of fused-ring (bicyclic) bond motifs is 1. The van der Waals surface area contributed by atoms with Gasteiger partial charge in [0.1, 0.15) is 17.9 Å². The molecule has 336 valence electrons. The molecular weight excluding hydrogens is 799 g/mol. The summed E-state index contributed by atoms with van der Waals surface area (Å²) in [6.07, 6.45) is 9.32. The van der Waals surface area contributed by atoms with Crippen LogP contribution in [0.5, 0.6) is 0 Å². The number of carbonyl (C=O) groups is 5. The van der Waals surface area contributed by atoms with Crippen LogP contribution in [0.3, 0.4) is 0 Å². The van der Waals surface area contributed by atoms with Gasteiger partial charge >= 0.3 is 0 Å². The fourth-order valence-electron chi connectivity index (χ4n) is 5.07. The fraction of sp³-hybridized carbons (Fsp3) is 0.432. The van der Waals surface area contributed by atoms with Crippen LogP contribution in [0.25, 0.3) is 26.7 Å². The second-order valence-corrected chi connectivity index (χ2v) is 14.2. The van der Waals surface area contributed by atoms with Gasteiger partial charge in [-0.15, -0.1) is 0 Å². The van der Waals surface area contributed by atoms with Gasteiger partial charge in [-0.2, -0.15) is 0 Å². The standard InChI is InChI=1S/C24H30N6OS.C8H16N2O2.C6H6.C3H6O2.C2H6O.CH3NO/c1-5-10-29(23(31)11-16(2)3)15-22-26-12-19(27-22)17-6-8-18(9-7-17)20-13-30-14-21(25-4)28-24(30)32-20;1-3-4-10(5-6-11)8(12)7-9-2;1-2-4-6-5-3-1;1-2-5-3-4;1-3-2;2-1-3/h6-9,12-14,16,25H,5,10-11,15H2,1-4H3,(H,26,27);6,9H,3-5,7H2,1-2H3;1-6H;3H,2H2,1H3;1-2H3;1H,(H2,2,3). The monoisotopic (exact) mass is 865 g/mol. The van der Waals surface area contributed by atoms with E-state index in [9.17, 15) is 19.2 Å². The number of nitrogens with zero attached hydrogens (tertiary/aromatic N) is 5. The van der Waals surface area contributed by atoms with Crippen molar-refractivity contribution in [3.63, 3.8) is 0 Å². The average Bonchev–Trinajstić information content (AvgIpc) is 3.99. The van der Waals surface area contributed by atoms with Crippen LogP contribution >= 0.6 is 11.3 Å². The number of thiazole rings is 1. The number of methoxy groups -OCH3 is 1. The Morgan fingerprint density at radius 1 is 0.902 bits per heavy atom. The Labute approximate surface area is 365 Å². The molecule has 0 spiro atoms. The molecule has 2 aromatic carbocycles. The van der Waals surface area contributed by atoms with E-state index in [1.165, 1.54) is 4.88 Å². The van der Waals surface area contributed by atoms with Crippen LogP contribution in [-0.2, 0) is 40.0 Å². The van der Waals surface area contributed by atoms with E-state index in [0.717, 1.165) is 59.1 Å². The largest absolute Gasteiger partial charge is 0.468 e. The molecule has 0 saturated carbocycles. The summed E-state index contributed by atoms with van der Waals surface area (Å²) in [5.41, 5.74) is 7.35. The van der Waals surface area contributed by atoms with E-state index < -0.39 is 0 Å². The summed E-state index contributed by atoms with van der Waals surface area (Å²) in [4.78, 5) is 69.8. The van der Waals surface area contributed by atoms with Crippen LogP contribution in [0.15, 0.2) is 79.3 Å². The Morgan fingerprint density at radius 2 is 1.46 bits per heavy atom. The van der Waals surface area contributed by atoms with Crippen molar-refractivity contribution < 1.29 is 33.4 Å². The third kappa shape index (κ3) is 23.5. The van der Waals surface area contributed by atoms with Gasteiger partial charge in [-0.1, -0.05) is 99.7 Å². The number of imidazole rings is 2. The first-order valence-corrected chi connectivity index (χ1v) is 20.8. The van der Waals surface area contributed by atoms with Crippen molar-refractivity contribution in [3.05, 3.63) is 85.1 Å². The first-order chi connectivity index (χ1) is 29.5. The van der Waals surface area contributed by atoms with E-state index in [0.29, 0.717) is 45.1 Å². The number of nitrogens with one attached hydrogen (secondary N) is 3. The zero-order valence-corrected chi connectivity index (χ0v) is 38.1. The first-order valence-electron chi connectivity index (χ1n) is 20.0. The van der Waals surface area contributed by atoms with E-state index in [4.69, 9.17) is 4.79 Å². The van der Waals surface area contributed by atoms with Gasteiger partial charge in [-0.3, -0.25) is 23.6 Å². The summed E-state index contributed by atoms with van der Waals surface area (Å²) in [6, 6.07) is 20.4. The van der Waals surface area contributed by atoms with Crippen LogP contribution in [0, 0.1) is 5.92 Å². The summed E-state index contributed by atoms with van der Waals surface area (Å²) >= 11 is 1.66. The number of aldehydes is 1. The van der Waals surface area contributed by atoms with Gasteiger partial charge < -0.3 is 45.4 Å². The van der Waals surface area contributed by atoms with Crippen molar-refractivity contribution in [1.29, 1.82) is 0 Å². The summed E-state index contributed by atoms with van der Waals surface area (Å²) in [5, 5.41) is 5.82. The Kier molecular flexibility index (Phi) is 31.5. The molecule has 5 N–H and O–H groups in total. The van der Waals surface area contributed by atoms with E-state index in [2.05, 4.69) is 92.0 Å². The minimum absolute atomic E-state index is 0.0218. The summed E-state index contributed by atoms with van der Waals surface area (Å²) in [6.45, 7) is 13.3. The number of likely N-dealkylation sites (N-methyl/N-ethyl adjacent to an activating group) is 1. The van der Waals surface area contributed by atoms with Crippen molar-refractivity contribution in [2.24, 2.45) is 11.7 Å². The third-order valence-electron chi connectivity index (χ3n) is 7.66. The molecule has 0 aliphatic carbocycles. The third-order valence-corrected chi connectivity index (χ3v) is 8.71. The van der Waals surface area contributed by atoms with Gasteiger partial charge in [0.25, 0.3) is 6.47 Å². The molecule has 0 aliphatic rings. The van der Waals surface area contributed by atoms with Crippen LogP contribution in [0.4, 0.5) is 5.82 Å². The predicted octanol–water partition coefficient (Wildman–Crippen LogP) is 6.15. The SMILES string of the molecule is CCCN(CC=O)C(=O)CNC.CCCN(Cc1ncc(-c2ccc(-c3cn4cc(NC)nc4s3)cc2)[nH]1)C(=O)CC(C)C.CCOC=O.COC.NC=O.c1ccccc1. The maximum atomic E-state index is 12.6. The van der Waals surface area contributed by atoms with Crippen molar-refractivity contribution in [2.75, 3.05) is 66.4 Å². The molecule has 16 nitrogen and oxygen atoms in total. The number of ether oxygens (including phenoxy) is 2. The average molecular weight is 866 g/mol. The van der Waals surface area contributed by atoms with Crippen molar-refractivity contribution in [2.45, 2.75) is 60.4 Å². The number of anilines is 1. The van der Waals surface area contributed by atoms with Crippen LogP contribution in [0.2, 0.25) is 0 Å².